The molecule has 1 atom stereocenters. The molecule has 1 aromatic rings. The monoisotopic (exact) mass is 258 g/mol. The van der Waals surface area contributed by atoms with Crippen LogP contribution < -0.4 is 0 Å². The Morgan fingerprint density at radius 3 is 2.26 bits per heavy atom. The molecule has 0 radical (unpaired) electrons. The number of rotatable bonds is 6. The van der Waals surface area contributed by atoms with Crippen LogP contribution in [0.3, 0.4) is 0 Å². The molecule has 19 heavy (non-hydrogen) atoms. The molecule has 0 heterocycles. The maximum Gasteiger partial charge on any atom is -0.0108 e. The average molecular weight is 258 g/mol. The molecule has 0 saturated heterocycles. The van der Waals surface area contributed by atoms with Gasteiger partial charge in [0, 0.05) is 0 Å². The summed E-state index contributed by atoms with van der Waals surface area (Å²) in [5, 5.41) is 0. The Morgan fingerprint density at radius 1 is 1.00 bits per heavy atom. The molecule has 0 aromatic heterocycles. The molecule has 1 aliphatic carbocycles. The molecule has 0 aliphatic heterocycles. The Kier molecular flexibility index (Phi) is 5.48. The lowest BCUT2D eigenvalue weighted by Crippen LogP contribution is -2.31. The summed E-state index contributed by atoms with van der Waals surface area (Å²) in [5.74, 6) is 0.778. The van der Waals surface area contributed by atoms with Crippen LogP contribution in [0.15, 0.2) is 30.3 Å². The van der Waals surface area contributed by atoms with E-state index < -0.39 is 0 Å². The van der Waals surface area contributed by atoms with Gasteiger partial charge in [0.25, 0.3) is 0 Å². The summed E-state index contributed by atoms with van der Waals surface area (Å²) in [7, 11) is 0. The van der Waals surface area contributed by atoms with Gasteiger partial charge in [0.05, 0.1) is 0 Å². The molecule has 1 aliphatic rings. The minimum Gasteiger partial charge on any atom is -0.0654 e. The van der Waals surface area contributed by atoms with Crippen LogP contribution in [0.2, 0.25) is 0 Å². The van der Waals surface area contributed by atoms with Crippen molar-refractivity contribution in [3.05, 3.63) is 35.9 Å². The lowest BCUT2D eigenvalue weighted by Gasteiger charge is -2.44. The first-order valence-corrected chi connectivity index (χ1v) is 8.37. The van der Waals surface area contributed by atoms with Crippen LogP contribution in [0.4, 0.5) is 0 Å². The van der Waals surface area contributed by atoms with Crippen LogP contribution in [0, 0.1) is 5.41 Å². The zero-order chi connectivity index (χ0) is 13.6. The summed E-state index contributed by atoms with van der Waals surface area (Å²) in [6, 6.07) is 11.3. The maximum atomic E-state index is 2.39. The van der Waals surface area contributed by atoms with Gasteiger partial charge >= 0.3 is 0 Å². The predicted octanol–water partition coefficient (Wildman–Crippen LogP) is 6.32. The lowest BCUT2D eigenvalue weighted by atomic mass is 9.61. The van der Waals surface area contributed by atoms with Gasteiger partial charge in [-0.05, 0) is 42.6 Å². The van der Waals surface area contributed by atoms with Crippen LogP contribution >= 0.6 is 0 Å². The fourth-order valence-corrected chi connectivity index (χ4v) is 4.27. The van der Waals surface area contributed by atoms with E-state index in [-0.39, 0.29) is 0 Å². The van der Waals surface area contributed by atoms with Gasteiger partial charge in [-0.1, -0.05) is 76.3 Å². The Bertz CT molecular complexity index is 346. The van der Waals surface area contributed by atoms with Crippen molar-refractivity contribution < 1.29 is 0 Å². The first-order valence-electron chi connectivity index (χ1n) is 8.37. The molecule has 1 fully saturated rings. The third-order valence-corrected chi connectivity index (χ3v) is 5.23. The number of benzene rings is 1. The third-order valence-electron chi connectivity index (χ3n) is 5.23. The molecule has 0 bridgehead atoms. The predicted molar refractivity (Wildman–Crippen MR) is 84.5 cm³/mol. The summed E-state index contributed by atoms with van der Waals surface area (Å²) < 4.78 is 0. The normalized spacial score (nSPS) is 20.1. The smallest absolute Gasteiger partial charge is 0.0108 e. The molecule has 0 heteroatoms. The molecule has 0 nitrogen and oxygen atoms in total. The molecular weight excluding hydrogens is 228 g/mol. The molecule has 106 valence electrons. The van der Waals surface area contributed by atoms with Crippen molar-refractivity contribution in [2.45, 2.75) is 77.6 Å². The van der Waals surface area contributed by atoms with Gasteiger partial charge < -0.3 is 0 Å². The maximum absolute atomic E-state index is 2.39. The summed E-state index contributed by atoms with van der Waals surface area (Å²) >= 11 is 0. The molecular formula is C19H30. The molecule has 1 aromatic carbocycles. The summed E-state index contributed by atoms with van der Waals surface area (Å²) in [6.07, 6.45) is 12.8. The lowest BCUT2D eigenvalue weighted by molar-refractivity contribution is 0.121. The molecule has 1 saturated carbocycles. The van der Waals surface area contributed by atoms with Gasteiger partial charge in [-0.25, -0.2) is 0 Å². The van der Waals surface area contributed by atoms with Crippen LogP contribution in [0.25, 0.3) is 0 Å². The largest absolute Gasteiger partial charge is 0.0654 e. The second-order valence-electron chi connectivity index (χ2n) is 6.40. The SMILES string of the molecule is CCCCC1(C(CC)c2ccccc2)CCCCC1. The van der Waals surface area contributed by atoms with E-state index in [1.165, 1.54) is 57.8 Å². The second kappa shape index (κ2) is 7.12. The highest BCUT2D eigenvalue weighted by atomic mass is 14.4. The number of hydrogen-bond acceptors (Lipinski definition) is 0. The Balaban J connectivity index is 2.24. The van der Waals surface area contributed by atoms with Crippen molar-refractivity contribution >= 4 is 0 Å². The quantitative estimate of drug-likeness (QED) is 0.560. The van der Waals surface area contributed by atoms with Gasteiger partial charge in [0.1, 0.15) is 0 Å². The standard InChI is InChI=1S/C19H30/c1-3-5-14-19(15-10-7-11-16-19)18(4-2)17-12-8-6-9-13-17/h6,8-9,12-13,18H,3-5,7,10-11,14-16H2,1-2H3. The fourth-order valence-electron chi connectivity index (χ4n) is 4.27. The number of unbranched alkanes of at least 4 members (excludes halogenated alkanes) is 1. The van der Waals surface area contributed by atoms with Crippen molar-refractivity contribution in [3.63, 3.8) is 0 Å². The Labute approximate surface area is 119 Å². The van der Waals surface area contributed by atoms with Crippen LogP contribution in [0.1, 0.15) is 83.1 Å². The van der Waals surface area contributed by atoms with E-state index in [9.17, 15) is 0 Å². The van der Waals surface area contributed by atoms with E-state index in [2.05, 4.69) is 44.2 Å². The first-order chi connectivity index (χ1) is 9.32. The van der Waals surface area contributed by atoms with E-state index in [1.54, 1.807) is 5.56 Å². The first kappa shape index (κ1) is 14.6. The second-order valence-corrected chi connectivity index (χ2v) is 6.40. The molecule has 1 unspecified atom stereocenters. The minimum atomic E-state index is 0.602. The summed E-state index contributed by atoms with van der Waals surface area (Å²) in [4.78, 5) is 0. The van der Waals surface area contributed by atoms with Crippen molar-refractivity contribution in [3.8, 4) is 0 Å². The molecule has 0 amide bonds. The molecule has 0 N–H and O–H groups in total. The van der Waals surface area contributed by atoms with E-state index in [4.69, 9.17) is 0 Å². The Hall–Kier alpha value is -0.780. The summed E-state index contributed by atoms with van der Waals surface area (Å²) in [5.41, 5.74) is 2.19. The average Bonchev–Trinajstić information content (AvgIpc) is 2.48. The third kappa shape index (κ3) is 3.41. The van der Waals surface area contributed by atoms with Crippen molar-refractivity contribution in [2.75, 3.05) is 0 Å². The highest BCUT2D eigenvalue weighted by Crippen LogP contribution is 2.52. The van der Waals surface area contributed by atoms with E-state index in [0.29, 0.717) is 5.41 Å². The van der Waals surface area contributed by atoms with Gasteiger partial charge in [-0.3, -0.25) is 0 Å². The van der Waals surface area contributed by atoms with Crippen LogP contribution in [0.5, 0.6) is 0 Å². The van der Waals surface area contributed by atoms with Crippen LogP contribution in [-0.2, 0) is 0 Å². The topological polar surface area (TPSA) is 0 Å². The summed E-state index contributed by atoms with van der Waals surface area (Å²) in [6.45, 7) is 4.72. The van der Waals surface area contributed by atoms with Gasteiger partial charge in [-0.2, -0.15) is 0 Å². The van der Waals surface area contributed by atoms with E-state index >= 15 is 0 Å². The zero-order valence-electron chi connectivity index (χ0n) is 12.8. The van der Waals surface area contributed by atoms with E-state index in [1.807, 2.05) is 0 Å². The van der Waals surface area contributed by atoms with Gasteiger partial charge in [-0.15, -0.1) is 0 Å². The zero-order valence-corrected chi connectivity index (χ0v) is 12.8. The highest BCUT2D eigenvalue weighted by Gasteiger charge is 2.38. The van der Waals surface area contributed by atoms with Crippen molar-refractivity contribution in [1.29, 1.82) is 0 Å². The highest BCUT2D eigenvalue weighted by molar-refractivity contribution is 5.22. The minimum absolute atomic E-state index is 0.602. The van der Waals surface area contributed by atoms with Gasteiger partial charge in [0.15, 0.2) is 0 Å². The van der Waals surface area contributed by atoms with Crippen molar-refractivity contribution in [2.24, 2.45) is 5.41 Å². The van der Waals surface area contributed by atoms with E-state index in [0.717, 1.165) is 5.92 Å². The van der Waals surface area contributed by atoms with Crippen molar-refractivity contribution in [1.82, 2.24) is 0 Å². The van der Waals surface area contributed by atoms with Gasteiger partial charge in [0.2, 0.25) is 0 Å². The van der Waals surface area contributed by atoms with Crippen LogP contribution in [-0.4, -0.2) is 0 Å². The fraction of sp³-hybridized carbons (Fsp3) is 0.684. The number of hydrogen-bond donors (Lipinski definition) is 0. The molecule has 0 spiro atoms. The Morgan fingerprint density at radius 2 is 1.68 bits per heavy atom. The molecule has 2 rings (SSSR count).